The van der Waals surface area contributed by atoms with Gasteiger partial charge in [-0.05, 0) is 43.4 Å². The van der Waals surface area contributed by atoms with Crippen LogP contribution in [0.5, 0.6) is 0 Å². The van der Waals surface area contributed by atoms with Crippen LogP contribution in [-0.4, -0.2) is 11.1 Å². The first-order valence-electron chi connectivity index (χ1n) is 5.17. The second-order valence-electron chi connectivity index (χ2n) is 3.75. The standard InChI is InChI=1S/C12H14F2O2/c1-8-9(4-2-3-5-11(15)16)6-7-10(13)12(8)14/h6-7H,2-5H2,1H3,(H,15,16). The smallest absolute Gasteiger partial charge is 0.303 e. The molecule has 1 N–H and O–H groups in total. The monoisotopic (exact) mass is 228 g/mol. The van der Waals surface area contributed by atoms with Crippen LogP contribution >= 0.6 is 0 Å². The van der Waals surface area contributed by atoms with Gasteiger partial charge in [-0.1, -0.05) is 6.07 Å². The summed E-state index contributed by atoms with van der Waals surface area (Å²) in [6.45, 7) is 1.53. The molecular weight excluding hydrogens is 214 g/mol. The van der Waals surface area contributed by atoms with Crippen LogP contribution in [0, 0.1) is 18.6 Å². The predicted octanol–water partition coefficient (Wildman–Crippen LogP) is 3.07. The molecule has 0 fully saturated rings. The Balaban J connectivity index is 2.55. The molecular formula is C12H14F2O2. The Kier molecular flexibility index (Phi) is 4.40. The summed E-state index contributed by atoms with van der Waals surface area (Å²) in [4.78, 5) is 10.3. The lowest BCUT2D eigenvalue weighted by Crippen LogP contribution is -1.98. The van der Waals surface area contributed by atoms with Gasteiger partial charge in [0.1, 0.15) is 0 Å². The third kappa shape index (κ3) is 3.29. The van der Waals surface area contributed by atoms with Crippen LogP contribution in [0.2, 0.25) is 0 Å². The molecule has 0 unspecified atom stereocenters. The van der Waals surface area contributed by atoms with Crippen molar-refractivity contribution in [1.29, 1.82) is 0 Å². The maximum atomic E-state index is 13.2. The lowest BCUT2D eigenvalue weighted by atomic mass is 10.0. The summed E-state index contributed by atoms with van der Waals surface area (Å²) < 4.78 is 26.0. The first-order chi connectivity index (χ1) is 7.52. The third-order valence-electron chi connectivity index (χ3n) is 2.54. The van der Waals surface area contributed by atoms with Crippen molar-refractivity contribution >= 4 is 5.97 Å². The Morgan fingerprint density at radius 3 is 2.62 bits per heavy atom. The lowest BCUT2D eigenvalue weighted by molar-refractivity contribution is -0.137. The molecule has 1 aromatic rings. The molecule has 0 amide bonds. The van der Waals surface area contributed by atoms with Gasteiger partial charge in [-0.25, -0.2) is 8.78 Å². The fourth-order valence-electron chi connectivity index (χ4n) is 1.55. The molecule has 1 aromatic carbocycles. The maximum Gasteiger partial charge on any atom is 0.303 e. The van der Waals surface area contributed by atoms with Crippen molar-refractivity contribution in [2.45, 2.75) is 32.6 Å². The zero-order chi connectivity index (χ0) is 12.1. The second kappa shape index (κ2) is 5.58. The number of aliphatic carboxylic acids is 1. The highest BCUT2D eigenvalue weighted by atomic mass is 19.2. The van der Waals surface area contributed by atoms with Crippen LogP contribution in [0.25, 0.3) is 0 Å². The average molecular weight is 228 g/mol. The molecule has 16 heavy (non-hydrogen) atoms. The van der Waals surface area contributed by atoms with Gasteiger partial charge in [-0.3, -0.25) is 4.79 Å². The average Bonchev–Trinajstić information content (AvgIpc) is 2.23. The lowest BCUT2D eigenvalue weighted by Gasteiger charge is -2.06. The molecule has 0 bridgehead atoms. The minimum absolute atomic E-state index is 0.114. The molecule has 0 radical (unpaired) electrons. The minimum Gasteiger partial charge on any atom is -0.481 e. The molecule has 0 saturated heterocycles. The summed E-state index contributed by atoms with van der Waals surface area (Å²) in [6, 6.07) is 2.66. The van der Waals surface area contributed by atoms with E-state index in [4.69, 9.17) is 5.11 Å². The van der Waals surface area contributed by atoms with Crippen molar-refractivity contribution in [1.82, 2.24) is 0 Å². The fourth-order valence-corrected chi connectivity index (χ4v) is 1.55. The molecule has 0 atom stereocenters. The zero-order valence-electron chi connectivity index (χ0n) is 9.09. The number of benzene rings is 1. The normalized spacial score (nSPS) is 10.4. The van der Waals surface area contributed by atoms with E-state index in [1.165, 1.54) is 6.92 Å². The van der Waals surface area contributed by atoms with Gasteiger partial charge in [0.05, 0.1) is 0 Å². The number of hydrogen-bond donors (Lipinski definition) is 1. The highest BCUT2D eigenvalue weighted by Gasteiger charge is 2.09. The van der Waals surface area contributed by atoms with Crippen LogP contribution in [0.3, 0.4) is 0 Å². The molecule has 4 heteroatoms. The molecule has 0 saturated carbocycles. The SMILES string of the molecule is Cc1c(CCCCC(=O)O)ccc(F)c1F. The summed E-state index contributed by atoms with van der Waals surface area (Å²) in [7, 11) is 0. The van der Waals surface area contributed by atoms with E-state index in [2.05, 4.69) is 0 Å². The van der Waals surface area contributed by atoms with Crippen molar-refractivity contribution in [2.24, 2.45) is 0 Å². The Morgan fingerprint density at radius 2 is 2.00 bits per heavy atom. The van der Waals surface area contributed by atoms with E-state index in [0.717, 1.165) is 11.6 Å². The Morgan fingerprint density at radius 1 is 1.31 bits per heavy atom. The summed E-state index contributed by atoms with van der Waals surface area (Å²) >= 11 is 0. The van der Waals surface area contributed by atoms with E-state index >= 15 is 0 Å². The van der Waals surface area contributed by atoms with Crippen molar-refractivity contribution in [3.63, 3.8) is 0 Å². The predicted molar refractivity (Wildman–Crippen MR) is 56.3 cm³/mol. The molecule has 0 aliphatic heterocycles. The van der Waals surface area contributed by atoms with Gasteiger partial charge < -0.3 is 5.11 Å². The molecule has 2 nitrogen and oxygen atoms in total. The van der Waals surface area contributed by atoms with Crippen molar-refractivity contribution in [3.8, 4) is 0 Å². The largest absolute Gasteiger partial charge is 0.481 e. The first-order valence-corrected chi connectivity index (χ1v) is 5.17. The number of carbonyl (C=O) groups is 1. The Hall–Kier alpha value is -1.45. The number of halogens is 2. The summed E-state index contributed by atoms with van der Waals surface area (Å²) in [5.41, 5.74) is 1.06. The molecule has 0 heterocycles. The van der Waals surface area contributed by atoms with Crippen LogP contribution in [0.4, 0.5) is 8.78 Å². The summed E-state index contributed by atoms with van der Waals surface area (Å²) in [5, 5.41) is 8.44. The number of rotatable bonds is 5. The topological polar surface area (TPSA) is 37.3 Å². The van der Waals surface area contributed by atoms with Crippen LogP contribution in [-0.2, 0) is 11.2 Å². The van der Waals surface area contributed by atoms with Gasteiger partial charge in [-0.2, -0.15) is 0 Å². The Labute approximate surface area is 92.9 Å². The van der Waals surface area contributed by atoms with Gasteiger partial charge in [0.15, 0.2) is 11.6 Å². The molecule has 0 spiro atoms. The number of carboxylic acid groups (broad SMARTS) is 1. The van der Waals surface area contributed by atoms with Crippen molar-refractivity contribution in [2.75, 3.05) is 0 Å². The maximum absolute atomic E-state index is 13.2. The highest BCUT2D eigenvalue weighted by Crippen LogP contribution is 2.18. The van der Waals surface area contributed by atoms with Gasteiger partial charge in [0.2, 0.25) is 0 Å². The molecule has 88 valence electrons. The highest BCUT2D eigenvalue weighted by molar-refractivity contribution is 5.66. The number of aryl methyl sites for hydroxylation is 1. The Bertz CT molecular complexity index is 389. The van der Waals surface area contributed by atoms with Crippen molar-refractivity contribution in [3.05, 3.63) is 34.9 Å². The van der Waals surface area contributed by atoms with E-state index in [-0.39, 0.29) is 6.42 Å². The summed E-state index contributed by atoms with van der Waals surface area (Å²) in [5.74, 6) is -2.48. The fraction of sp³-hybridized carbons (Fsp3) is 0.417. The number of unbranched alkanes of at least 4 members (excludes halogenated alkanes) is 1. The van der Waals surface area contributed by atoms with Gasteiger partial charge in [0, 0.05) is 6.42 Å². The van der Waals surface area contributed by atoms with Gasteiger partial charge >= 0.3 is 5.97 Å². The quantitative estimate of drug-likeness (QED) is 0.786. The van der Waals surface area contributed by atoms with E-state index in [9.17, 15) is 13.6 Å². The van der Waals surface area contributed by atoms with Crippen LogP contribution < -0.4 is 0 Å². The van der Waals surface area contributed by atoms with E-state index in [1.807, 2.05) is 0 Å². The minimum atomic E-state index is -0.841. The van der Waals surface area contributed by atoms with E-state index in [1.54, 1.807) is 6.07 Å². The van der Waals surface area contributed by atoms with Gasteiger partial charge in [0.25, 0.3) is 0 Å². The van der Waals surface area contributed by atoms with Crippen LogP contribution in [0.1, 0.15) is 30.4 Å². The van der Waals surface area contributed by atoms with Crippen LogP contribution in [0.15, 0.2) is 12.1 Å². The molecule has 0 aromatic heterocycles. The first kappa shape index (κ1) is 12.6. The molecule has 1 rings (SSSR count). The summed E-state index contributed by atoms with van der Waals surface area (Å²) in [6.07, 6.45) is 1.91. The van der Waals surface area contributed by atoms with Gasteiger partial charge in [-0.15, -0.1) is 0 Å². The number of carboxylic acids is 1. The second-order valence-corrected chi connectivity index (χ2v) is 3.75. The zero-order valence-corrected chi connectivity index (χ0v) is 9.09. The molecule has 0 aliphatic rings. The van der Waals surface area contributed by atoms with Crippen molar-refractivity contribution < 1.29 is 18.7 Å². The van der Waals surface area contributed by atoms with E-state index < -0.39 is 17.6 Å². The molecule has 0 aliphatic carbocycles. The number of hydrogen-bond acceptors (Lipinski definition) is 1. The van der Waals surface area contributed by atoms with E-state index in [0.29, 0.717) is 24.8 Å². The third-order valence-corrected chi connectivity index (χ3v) is 2.54.